The monoisotopic (exact) mass is 371 g/mol. The van der Waals surface area contributed by atoms with Gasteiger partial charge < -0.3 is 24.3 Å². The van der Waals surface area contributed by atoms with Crippen molar-refractivity contribution in [3.8, 4) is 5.75 Å². The molecule has 0 spiro atoms. The number of methoxy groups -OCH3 is 1. The Labute approximate surface area is 158 Å². The summed E-state index contributed by atoms with van der Waals surface area (Å²) in [5.74, 6) is 0.946. The smallest absolute Gasteiger partial charge is 0.317 e. The molecule has 0 radical (unpaired) electrons. The van der Waals surface area contributed by atoms with Crippen molar-refractivity contribution in [3.63, 3.8) is 0 Å². The number of para-hydroxylation sites is 1. The normalized spacial score (nSPS) is 16.7. The van der Waals surface area contributed by atoms with E-state index in [-0.39, 0.29) is 18.0 Å². The van der Waals surface area contributed by atoms with Gasteiger partial charge in [-0.3, -0.25) is 4.79 Å². The molecule has 1 atom stereocenters. The molecule has 1 N–H and O–H groups in total. The van der Waals surface area contributed by atoms with Crippen molar-refractivity contribution in [2.24, 2.45) is 0 Å². The first-order valence-electron chi connectivity index (χ1n) is 9.04. The summed E-state index contributed by atoms with van der Waals surface area (Å²) in [5.41, 5.74) is 0.941. The van der Waals surface area contributed by atoms with Gasteiger partial charge in [0.25, 0.3) is 5.91 Å². The van der Waals surface area contributed by atoms with Crippen molar-refractivity contribution in [1.29, 1.82) is 0 Å². The topological polar surface area (TPSA) is 75.0 Å². The van der Waals surface area contributed by atoms with Crippen LogP contribution in [0.25, 0.3) is 0 Å². The zero-order valence-corrected chi connectivity index (χ0v) is 15.7. The highest BCUT2D eigenvalue weighted by Crippen LogP contribution is 2.19. The number of hydrogen-bond acceptors (Lipinski definition) is 4. The lowest BCUT2D eigenvalue weighted by Gasteiger charge is -2.33. The number of nitrogens with zero attached hydrogens (tertiary/aromatic N) is 2. The van der Waals surface area contributed by atoms with Crippen LogP contribution in [-0.4, -0.2) is 55.0 Å². The second-order valence-corrected chi connectivity index (χ2v) is 6.69. The van der Waals surface area contributed by atoms with Crippen molar-refractivity contribution >= 4 is 11.9 Å². The Morgan fingerprint density at radius 1 is 1.30 bits per heavy atom. The van der Waals surface area contributed by atoms with Gasteiger partial charge in [0, 0.05) is 31.7 Å². The zero-order valence-electron chi connectivity index (χ0n) is 15.7. The standard InChI is InChI=1S/C20H25N3O4/c1-22(13-15-7-3-4-9-17(15)26-2)20(25)21-16-8-5-11-23(14-16)19(24)18-10-6-12-27-18/h3-4,6-7,9-10,12,16H,5,8,11,13-14H2,1-2H3,(H,21,25). The lowest BCUT2D eigenvalue weighted by Crippen LogP contribution is -2.52. The first-order valence-corrected chi connectivity index (χ1v) is 9.04. The minimum atomic E-state index is -0.168. The maximum atomic E-state index is 12.6. The molecule has 27 heavy (non-hydrogen) atoms. The number of carbonyl (C=O) groups excluding carboxylic acids is 2. The van der Waals surface area contributed by atoms with Crippen LogP contribution >= 0.6 is 0 Å². The lowest BCUT2D eigenvalue weighted by atomic mass is 10.1. The SMILES string of the molecule is COc1ccccc1CN(C)C(=O)NC1CCCN(C(=O)c2ccco2)C1. The predicted octanol–water partition coefficient (Wildman–Crippen LogP) is 2.73. The van der Waals surface area contributed by atoms with Crippen LogP contribution in [0.3, 0.4) is 0 Å². The van der Waals surface area contributed by atoms with Gasteiger partial charge in [-0.15, -0.1) is 0 Å². The van der Waals surface area contributed by atoms with Crippen molar-refractivity contribution in [1.82, 2.24) is 15.1 Å². The average molecular weight is 371 g/mol. The number of ether oxygens (including phenoxy) is 1. The third-order valence-electron chi connectivity index (χ3n) is 4.71. The van der Waals surface area contributed by atoms with Crippen molar-refractivity contribution in [2.75, 3.05) is 27.2 Å². The second-order valence-electron chi connectivity index (χ2n) is 6.69. The van der Waals surface area contributed by atoms with Crippen molar-refractivity contribution < 1.29 is 18.7 Å². The maximum absolute atomic E-state index is 12.6. The second kappa shape index (κ2) is 8.62. The van der Waals surface area contributed by atoms with Crippen LogP contribution in [0.4, 0.5) is 4.79 Å². The van der Waals surface area contributed by atoms with Crippen LogP contribution in [0, 0.1) is 0 Å². The predicted molar refractivity (Wildman–Crippen MR) is 101 cm³/mol. The van der Waals surface area contributed by atoms with Crippen LogP contribution in [0.1, 0.15) is 29.0 Å². The number of hydrogen-bond donors (Lipinski definition) is 1. The van der Waals surface area contributed by atoms with Gasteiger partial charge in [0.2, 0.25) is 0 Å². The molecule has 0 bridgehead atoms. The average Bonchev–Trinajstić information content (AvgIpc) is 3.22. The van der Waals surface area contributed by atoms with Gasteiger partial charge >= 0.3 is 6.03 Å². The summed E-state index contributed by atoms with van der Waals surface area (Å²) in [6.07, 6.45) is 3.17. The minimum absolute atomic E-state index is 0.0784. The van der Waals surface area contributed by atoms with Crippen LogP contribution in [0.2, 0.25) is 0 Å². The van der Waals surface area contributed by atoms with Gasteiger partial charge in [0.1, 0.15) is 5.75 Å². The van der Waals surface area contributed by atoms with E-state index in [9.17, 15) is 9.59 Å². The molecule has 1 aromatic heterocycles. The molecule has 1 saturated heterocycles. The van der Waals surface area contributed by atoms with Gasteiger partial charge in [-0.1, -0.05) is 18.2 Å². The summed E-state index contributed by atoms with van der Waals surface area (Å²) in [7, 11) is 3.36. The first kappa shape index (κ1) is 18.8. The molecule has 1 aromatic carbocycles. The highest BCUT2D eigenvalue weighted by molar-refractivity contribution is 5.91. The van der Waals surface area contributed by atoms with Crippen LogP contribution < -0.4 is 10.1 Å². The van der Waals surface area contributed by atoms with E-state index in [1.807, 2.05) is 24.3 Å². The quantitative estimate of drug-likeness (QED) is 0.877. The Hall–Kier alpha value is -2.96. The molecule has 3 rings (SSSR count). The van der Waals surface area contributed by atoms with Crippen LogP contribution in [0.15, 0.2) is 47.1 Å². The largest absolute Gasteiger partial charge is 0.496 e. The minimum Gasteiger partial charge on any atom is -0.496 e. The molecular formula is C20H25N3O4. The van der Waals surface area contributed by atoms with E-state index in [1.54, 1.807) is 36.1 Å². The van der Waals surface area contributed by atoms with Gasteiger partial charge in [0.05, 0.1) is 19.9 Å². The number of urea groups is 1. The Morgan fingerprint density at radius 3 is 2.85 bits per heavy atom. The molecule has 0 saturated carbocycles. The Bertz CT molecular complexity index is 775. The molecule has 3 amide bonds. The molecule has 1 fully saturated rings. The summed E-state index contributed by atoms with van der Waals surface area (Å²) in [6.45, 7) is 1.59. The van der Waals surface area contributed by atoms with Crippen LogP contribution in [-0.2, 0) is 6.54 Å². The number of furan rings is 1. The molecule has 2 aromatic rings. The number of rotatable bonds is 5. The Balaban J connectivity index is 1.56. The lowest BCUT2D eigenvalue weighted by molar-refractivity contribution is 0.0663. The number of benzene rings is 1. The zero-order chi connectivity index (χ0) is 19.2. The van der Waals surface area contributed by atoms with E-state index in [4.69, 9.17) is 9.15 Å². The summed E-state index contributed by atoms with van der Waals surface area (Å²) in [4.78, 5) is 28.4. The Kier molecular flexibility index (Phi) is 6.01. The summed E-state index contributed by atoms with van der Waals surface area (Å²) < 4.78 is 10.5. The summed E-state index contributed by atoms with van der Waals surface area (Å²) in [5, 5.41) is 3.03. The van der Waals surface area contributed by atoms with E-state index in [0.29, 0.717) is 25.4 Å². The molecule has 7 heteroatoms. The fourth-order valence-electron chi connectivity index (χ4n) is 3.28. The highest BCUT2D eigenvalue weighted by atomic mass is 16.5. The van der Waals surface area contributed by atoms with Gasteiger partial charge in [-0.25, -0.2) is 4.79 Å². The maximum Gasteiger partial charge on any atom is 0.317 e. The number of piperidine rings is 1. The van der Waals surface area contributed by atoms with E-state index in [1.165, 1.54) is 6.26 Å². The first-order chi connectivity index (χ1) is 13.1. The summed E-state index contributed by atoms with van der Waals surface area (Å²) in [6, 6.07) is 10.7. The third-order valence-corrected chi connectivity index (χ3v) is 4.71. The molecule has 1 unspecified atom stereocenters. The van der Waals surface area contributed by atoms with Gasteiger partial charge in [-0.05, 0) is 31.0 Å². The Morgan fingerprint density at radius 2 is 2.11 bits per heavy atom. The van der Waals surface area contributed by atoms with Crippen molar-refractivity contribution in [2.45, 2.75) is 25.4 Å². The van der Waals surface area contributed by atoms with Crippen LogP contribution in [0.5, 0.6) is 5.75 Å². The molecule has 2 heterocycles. The number of nitrogens with one attached hydrogen (secondary N) is 1. The fourth-order valence-corrected chi connectivity index (χ4v) is 3.28. The molecular weight excluding hydrogens is 346 g/mol. The molecule has 1 aliphatic rings. The van der Waals surface area contributed by atoms with E-state index >= 15 is 0 Å². The third kappa shape index (κ3) is 4.61. The molecule has 7 nitrogen and oxygen atoms in total. The molecule has 144 valence electrons. The van der Waals surface area contributed by atoms with Gasteiger partial charge in [-0.2, -0.15) is 0 Å². The highest BCUT2D eigenvalue weighted by Gasteiger charge is 2.27. The fraction of sp³-hybridized carbons (Fsp3) is 0.400. The number of likely N-dealkylation sites (tertiary alicyclic amines) is 1. The van der Waals surface area contributed by atoms with E-state index in [2.05, 4.69) is 5.32 Å². The summed E-state index contributed by atoms with van der Waals surface area (Å²) >= 11 is 0. The van der Waals surface area contributed by atoms with E-state index < -0.39 is 0 Å². The van der Waals surface area contributed by atoms with Crippen molar-refractivity contribution in [3.05, 3.63) is 54.0 Å². The molecule has 0 aliphatic carbocycles. The molecule has 1 aliphatic heterocycles. The number of carbonyl (C=O) groups is 2. The van der Waals surface area contributed by atoms with E-state index in [0.717, 1.165) is 24.2 Å². The van der Waals surface area contributed by atoms with Gasteiger partial charge in [0.15, 0.2) is 5.76 Å². The number of amides is 3.